The monoisotopic (exact) mass is 326 g/mol. The van der Waals surface area contributed by atoms with Gasteiger partial charge in [-0.3, -0.25) is 4.90 Å². The fourth-order valence-electron chi connectivity index (χ4n) is 3.62. The summed E-state index contributed by atoms with van der Waals surface area (Å²) >= 11 is 0. The van der Waals surface area contributed by atoms with E-state index in [-0.39, 0.29) is 11.1 Å². The zero-order valence-electron chi connectivity index (χ0n) is 17.2. The van der Waals surface area contributed by atoms with Crippen molar-refractivity contribution in [3.63, 3.8) is 0 Å². The van der Waals surface area contributed by atoms with E-state index in [2.05, 4.69) is 82.7 Å². The van der Waals surface area contributed by atoms with Crippen LogP contribution in [0.15, 0.2) is 0 Å². The van der Waals surface area contributed by atoms with Crippen molar-refractivity contribution in [3.8, 4) is 0 Å². The van der Waals surface area contributed by atoms with E-state index in [9.17, 15) is 0 Å². The average Bonchev–Trinajstić information content (AvgIpc) is 2.41. The van der Waals surface area contributed by atoms with E-state index in [1.807, 2.05) is 0 Å². The SMILES string of the molecule is C[C@@H]1CC(C)(C)NCCN(C)[C@@H](C)CC(C)(C)N(C)CCN1C. The second-order valence-electron chi connectivity index (χ2n) is 9.11. The number of nitrogens with zero attached hydrogens (tertiary/aromatic N) is 3. The number of hydrogen-bond donors (Lipinski definition) is 1. The molecule has 2 atom stereocenters. The Labute approximate surface area is 145 Å². The molecule has 0 aromatic carbocycles. The molecule has 1 rings (SSSR count). The Balaban J connectivity index is 2.85. The van der Waals surface area contributed by atoms with Gasteiger partial charge in [0.2, 0.25) is 0 Å². The number of hydrogen-bond acceptors (Lipinski definition) is 4. The molecule has 0 amide bonds. The summed E-state index contributed by atoms with van der Waals surface area (Å²) in [4.78, 5) is 7.55. The van der Waals surface area contributed by atoms with Gasteiger partial charge >= 0.3 is 0 Å². The molecule has 0 bridgehead atoms. The number of rotatable bonds is 0. The predicted octanol–water partition coefficient (Wildman–Crippen LogP) is 2.50. The van der Waals surface area contributed by atoms with Crippen LogP contribution in [-0.4, -0.2) is 85.2 Å². The van der Waals surface area contributed by atoms with Gasteiger partial charge in [-0.15, -0.1) is 0 Å². The van der Waals surface area contributed by atoms with Crippen molar-refractivity contribution >= 4 is 0 Å². The lowest BCUT2D eigenvalue weighted by molar-refractivity contribution is 0.0829. The van der Waals surface area contributed by atoms with Crippen LogP contribution in [0.4, 0.5) is 0 Å². The first-order chi connectivity index (χ1) is 10.4. The topological polar surface area (TPSA) is 21.8 Å². The van der Waals surface area contributed by atoms with Crippen LogP contribution < -0.4 is 5.32 Å². The summed E-state index contributed by atoms with van der Waals surface area (Å²) in [6.45, 7) is 18.6. The van der Waals surface area contributed by atoms with Crippen LogP contribution in [0.3, 0.4) is 0 Å². The third-order valence-electron chi connectivity index (χ3n) is 6.00. The third-order valence-corrected chi connectivity index (χ3v) is 6.00. The van der Waals surface area contributed by atoms with E-state index in [1.165, 1.54) is 12.8 Å². The number of likely N-dealkylation sites (N-methyl/N-ethyl adjacent to an activating group) is 3. The van der Waals surface area contributed by atoms with Crippen molar-refractivity contribution in [2.75, 3.05) is 47.3 Å². The lowest BCUT2D eigenvalue weighted by atomic mass is 9.92. The van der Waals surface area contributed by atoms with Gasteiger partial charge in [-0.2, -0.15) is 0 Å². The van der Waals surface area contributed by atoms with Gasteiger partial charge in [0.25, 0.3) is 0 Å². The highest BCUT2D eigenvalue weighted by Gasteiger charge is 2.29. The Morgan fingerprint density at radius 2 is 1.30 bits per heavy atom. The minimum Gasteiger partial charge on any atom is -0.310 e. The normalized spacial score (nSPS) is 33.3. The van der Waals surface area contributed by atoms with Crippen LogP contribution >= 0.6 is 0 Å². The molecule has 1 aliphatic rings. The van der Waals surface area contributed by atoms with Crippen LogP contribution in [0.25, 0.3) is 0 Å². The van der Waals surface area contributed by atoms with E-state index in [4.69, 9.17) is 0 Å². The molecule has 0 unspecified atom stereocenters. The second-order valence-corrected chi connectivity index (χ2v) is 9.11. The van der Waals surface area contributed by atoms with E-state index in [0.717, 1.165) is 26.2 Å². The van der Waals surface area contributed by atoms with Crippen LogP contribution in [-0.2, 0) is 0 Å². The average molecular weight is 327 g/mol. The summed E-state index contributed by atoms with van der Waals surface area (Å²) in [5.74, 6) is 0. The number of nitrogens with one attached hydrogen (secondary N) is 1. The molecule has 138 valence electrons. The molecule has 1 N–H and O–H groups in total. The molecule has 23 heavy (non-hydrogen) atoms. The molecule has 1 saturated heterocycles. The Kier molecular flexibility index (Phi) is 7.52. The first-order valence-electron chi connectivity index (χ1n) is 9.31. The highest BCUT2D eigenvalue weighted by atomic mass is 15.2. The highest BCUT2D eigenvalue weighted by Crippen LogP contribution is 2.22. The fraction of sp³-hybridized carbons (Fsp3) is 1.00. The van der Waals surface area contributed by atoms with Crippen molar-refractivity contribution < 1.29 is 0 Å². The maximum atomic E-state index is 3.77. The van der Waals surface area contributed by atoms with Crippen molar-refractivity contribution in [1.82, 2.24) is 20.0 Å². The van der Waals surface area contributed by atoms with Gasteiger partial charge in [0, 0.05) is 49.3 Å². The maximum Gasteiger partial charge on any atom is 0.0165 e. The van der Waals surface area contributed by atoms with E-state index in [0.29, 0.717) is 12.1 Å². The van der Waals surface area contributed by atoms with Crippen LogP contribution in [0.2, 0.25) is 0 Å². The molecule has 0 saturated carbocycles. The molecule has 0 aromatic rings. The van der Waals surface area contributed by atoms with Gasteiger partial charge in [0.05, 0.1) is 0 Å². The summed E-state index contributed by atoms with van der Waals surface area (Å²) in [7, 11) is 6.81. The van der Waals surface area contributed by atoms with Crippen molar-refractivity contribution in [3.05, 3.63) is 0 Å². The Bertz CT molecular complexity index is 353. The smallest absolute Gasteiger partial charge is 0.0165 e. The van der Waals surface area contributed by atoms with Crippen LogP contribution in [0.5, 0.6) is 0 Å². The molecule has 0 spiro atoms. The summed E-state index contributed by atoms with van der Waals surface area (Å²) in [5, 5.41) is 3.77. The van der Waals surface area contributed by atoms with Crippen LogP contribution in [0.1, 0.15) is 54.4 Å². The standard InChI is InChI=1S/C19H42N4/c1-16-14-18(3,4)20-10-11-21(7)17(2)15-19(5,6)23(9)13-12-22(16)8/h16-17,20H,10-15H2,1-9H3/t16-,17+/m1/s1. The van der Waals surface area contributed by atoms with E-state index >= 15 is 0 Å². The third kappa shape index (κ3) is 6.69. The Morgan fingerprint density at radius 3 is 1.91 bits per heavy atom. The van der Waals surface area contributed by atoms with Gasteiger partial charge in [-0.25, -0.2) is 0 Å². The molecule has 0 aliphatic carbocycles. The zero-order valence-corrected chi connectivity index (χ0v) is 17.2. The maximum absolute atomic E-state index is 3.77. The molecule has 1 fully saturated rings. The van der Waals surface area contributed by atoms with Gasteiger partial charge in [0.15, 0.2) is 0 Å². The molecule has 0 radical (unpaired) electrons. The molecular weight excluding hydrogens is 284 g/mol. The molecule has 0 aromatic heterocycles. The molecular formula is C19H42N4. The lowest BCUT2D eigenvalue weighted by Crippen LogP contribution is -2.52. The van der Waals surface area contributed by atoms with Crippen molar-refractivity contribution in [2.24, 2.45) is 0 Å². The summed E-state index contributed by atoms with van der Waals surface area (Å²) < 4.78 is 0. The van der Waals surface area contributed by atoms with Crippen LogP contribution in [0, 0.1) is 0 Å². The largest absolute Gasteiger partial charge is 0.310 e. The first kappa shape index (κ1) is 20.9. The van der Waals surface area contributed by atoms with Gasteiger partial charge in [0.1, 0.15) is 0 Å². The zero-order chi connectivity index (χ0) is 17.8. The fourth-order valence-corrected chi connectivity index (χ4v) is 3.62. The molecule has 1 aliphatic heterocycles. The second kappa shape index (κ2) is 8.28. The van der Waals surface area contributed by atoms with Gasteiger partial charge in [-0.1, -0.05) is 0 Å². The summed E-state index contributed by atoms with van der Waals surface area (Å²) in [5.41, 5.74) is 0.418. The van der Waals surface area contributed by atoms with E-state index < -0.39 is 0 Å². The summed E-state index contributed by atoms with van der Waals surface area (Å²) in [6, 6.07) is 1.19. The molecule has 1 heterocycles. The minimum absolute atomic E-state index is 0.188. The first-order valence-corrected chi connectivity index (χ1v) is 9.31. The van der Waals surface area contributed by atoms with Gasteiger partial charge < -0.3 is 15.1 Å². The predicted molar refractivity (Wildman–Crippen MR) is 102 cm³/mol. The molecule has 4 nitrogen and oxygen atoms in total. The van der Waals surface area contributed by atoms with Gasteiger partial charge in [-0.05, 0) is 75.5 Å². The van der Waals surface area contributed by atoms with Crippen molar-refractivity contribution in [1.29, 1.82) is 0 Å². The quantitative estimate of drug-likeness (QED) is 0.738. The highest BCUT2D eigenvalue weighted by molar-refractivity contribution is 4.87. The Hall–Kier alpha value is -0.160. The van der Waals surface area contributed by atoms with Crippen molar-refractivity contribution in [2.45, 2.75) is 77.5 Å². The molecule has 4 heteroatoms. The lowest BCUT2D eigenvalue weighted by Gasteiger charge is -2.42. The summed E-state index contributed by atoms with van der Waals surface area (Å²) in [6.07, 6.45) is 2.37. The Morgan fingerprint density at radius 1 is 0.783 bits per heavy atom. The van der Waals surface area contributed by atoms with E-state index in [1.54, 1.807) is 0 Å². The minimum atomic E-state index is 0.188.